The fraction of sp³-hybridized carbons (Fsp3) is 0.286. The van der Waals surface area contributed by atoms with Gasteiger partial charge in [0.15, 0.2) is 5.82 Å². The van der Waals surface area contributed by atoms with Crippen molar-refractivity contribution in [3.8, 4) is 17.5 Å². The summed E-state index contributed by atoms with van der Waals surface area (Å²) in [6, 6.07) is 2.90. The van der Waals surface area contributed by atoms with E-state index in [1.165, 1.54) is 30.2 Å². The number of amides is 2. The molecule has 3 aromatic rings. The lowest BCUT2D eigenvalue weighted by Crippen LogP contribution is -2.22. The van der Waals surface area contributed by atoms with E-state index in [9.17, 15) is 18.4 Å². The summed E-state index contributed by atoms with van der Waals surface area (Å²) in [4.78, 5) is 36.2. The molecular formula is C21H18F2N8O3. The minimum Gasteiger partial charge on any atom is -0.441 e. The molecule has 0 radical (unpaired) electrons. The van der Waals surface area contributed by atoms with E-state index in [2.05, 4.69) is 30.7 Å². The molecule has 1 atom stereocenters. The van der Waals surface area contributed by atoms with Gasteiger partial charge in [-0.3, -0.25) is 14.8 Å². The summed E-state index contributed by atoms with van der Waals surface area (Å²) in [7, 11) is 1.56. The Kier molecular flexibility index (Phi) is 5.89. The second-order valence-electron chi connectivity index (χ2n) is 7.68. The lowest BCUT2D eigenvalue weighted by molar-refractivity contribution is -0.119. The van der Waals surface area contributed by atoms with Crippen molar-refractivity contribution in [2.24, 2.45) is 12.5 Å². The zero-order valence-electron chi connectivity index (χ0n) is 18.0. The van der Waals surface area contributed by atoms with Crippen molar-refractivity contribution in [1.82, 2.24) is 24.7 Å². The molecule has 0 spiro atoms. The van der Waals surface area contributed by atoms with E-state index in [4.69, 9.17) is 10.00 Å². The van der Waals surface area contributed by atoms with Gasteiger partial charge in [-0.05, 0) is 25.8 Å². The molecule has 3 aromatic heterocycles. The molecule has 2 amide bonds. The van der Waals surface area contributed by atoms with Crippen LogP contribution in [0.25, 0.3) is 11.4 Å². The number of pyridine rings is 1. The van der Waals surface area contributed by atoms with Crippen molar-refractivity contribution >= 4 is 23.5 Å². The molecule has 1 saturated carbocycles. The van der Waals surface area contributed by atoms with Crippen LogP contribution in [0.15, 0.2) is 30.9 Å². The molecule has 174 valence electrons. The molecule has 0 aromatic carbocycles. The lowest BCUT2D eigenvalue weighted by atomic mass is 10.1. The lowest BCUT2D eigenvalue weighted by Gasteiger charge is -2.15. The normalized spacial score (nSPS) is 14.6. The molecule has 0 bridgehead atoms. The fourth-order valence-corrected chi connectivity index (χ4v) is 3.12. The van der Waals surface area contributed by atoms with E-state index in [1.54, 1.807) is 7.05 Å². The van der Waals surface area contributed by atoms with Crippen LogP contribution >= 0.6 is 0 Å². The summed E-state index contributed by atoms with van der Waals surface area (Å²) in [5.41, 5.74) is -0.543. The summed E-state index contributed by atoms with van der Waals surface area (Å²) in [5.74, 6) is -1.75. The molecule has 11 nitrogen and oxygen atoms in total. The van der Waals surface area contributed by atoms with Crippen molar-refractivity contribution in [2.45, 2.75) is 25.9 Å². The average Bonchev–Trinajstić information content (AvgIpc) is 3.54. The van der Waals surface area contributed by atoms with Gasteiger partial charge in [0.25, 0.3) is 0 Å². The van der Waals surface area contributed by atoms with Crippen molar-refractivity contribution in [3.63, 3.8) is 0 Å². The maximum Gasteiger partial charge on any atom is 0.413 e. The molecule has 0 aliphatic heterocycles. The van der Waals surface area contributed by atoms with Gasteiger partial charge in [0.1, 0.15) is 23.2 Å². The number of aryl methyl sites for hydroxylation is 1. The van der Waals surface area contributed by atoms with Crippen LogP contribution in [-0.4, -0.2) is 36.7 Å². The minimum atomic E-state index is -1.12. The van der Waals surface area contributed by atoms with Gasteiger partial charge in [0.2, 0.25) is 11.9 Å². The van der Waals surface area contributed by atoms with Gasteiger partial charge in [-0.25, -0.2) is 24.1 Å². The van der Waals surface area contributed by atoms with E-state index in [1.807, 2.05) is 6.07 Å². The number of nitrogens with one attached hydrogen (secondary N) is 2. The molecule has 1 aliphatic carbocycles. The average molecular weight is 468 g/mol. The van der Waals surface area contributed by atoms with Crippen molar-refractivity contribution in [1.29, 1.82) is 5.26 Å². The Hall–Kier alpha value is -4.47. The predicted octanol–water partition coefficient (Wildman–Crippen LogP) is 3.10. The number of anilines is 2. The van der Waals surface area contributed by atoms with E-state index < -0.39 is 35.3 Å². The van der Waals surface area contributed by atoms with E-state index in [0.717, 1.165) is 12.3 Å². The van der Waals surface area contributed by atoms with Gasteiger partial charge in [0.05, 0.1) is 47.7 Å². The zero-order chi connectivity index (χ0) is 24.5. The second-order valence-corrected chi connectivity index (χ2v) is 7.68. The van der Waals surface area contributed by atoms with E-state index in [-0.39, 0.29) is 17.2 Å². The monoisotopic (exact) mass is 468 g/mol. The number of carbonyl (C=O) groups is 2. The first-order chi connectivity index (χ1) is 16.2. The summed E-state index contributed by atoms with van der Waals surface area (Å²) in [6.45, 7) is 1.37. The maximum atomic E-state index is 13.8. The molecule has 0 unspecified atom stereocenters. The third kappa shape index (κ3) is 4.51. The first kappa shape index (κ1) is 22.7. The highest BCUT2D eigenvalue weighted by molar-refractivity contribution is 5.99. The number of halogens is 2. The van der Waals surface area contributed by atoms with Crippen LogP contribution in [0.4, 0.5) is 25.1 Å². The SMILES string of the molecule is C[C@@H](OC(=O)Nc1c(-c2ncc(NC(=O)C3(C#N)CC3)cn2)cnn1C)c1cc(F)cnc1F. The maximum absolute atomic E-state index is 13.8. The van der Waals surface area contributed by atoms with Gasteiger partial charge in [-0.15, -0.1) is 0 Å². The predicted molar refractivity (Wildman–Crippen MR) is 113 cm³/mol. The Labute approximate surface area is 191 Å². The third-order valence-corrected chi connectivity index (χ3v) is 5.26. The standard InChI is InChI=1S/C21H18F2N8O3/c1-11(14-5-12(22)6-25-16(14)23)34-20(33)30-18-15(9-28-31(18)2)17-26-7-13(8-27-17)29-19(32)21(10-24)3-4-21/h5-9,11H,3-4H2,1-2H3,(H,29,32)(H,30,33)/t11-/m1/s1. The molecule has 13 heteroatoms. The van der Waals surface area contributed by atoms with E-state index >= 15 is 0 Å². The molecule has 1 fully saturated rings. The second kappa shape index (κ2) is 8.81. The Balaban J connectivity index is 1.46. The summed E-state index contributed by atoms with van der Waals surface area (Å²) in [5, 5.41) is 18.3. The molecular weight excluding hydrogens is 450 g/mol. The molecule has 1 aliphatic rings. The number of ether oxygens (including phenoxy) is 1. The van der Waals surface area contributed by atoms with Gasteiger partial charge < -0.3 is 10.1 Å². The largest absolute Gasteiger partial charge is 0.441 e. The molecule has 34 heavy (non-hydrogen) atoms. The van der Waals surface area contributed by atoms with Crippen LogP contribution in [-0.2, 0) is 16.6 Å². The highest BCUT2D eigenvalue weighted by Gasteiger charge is 2.50. The highest BCUT2D eigenvalue weighted by Crippen LogP contribution is 2.45. The van der Waals surface area contributed by atoms with Crippen LogP contribution in [0, 0.1) is 28.5 Å². The number of rotatable bonds is 6. The zero-order valence-corrected chi connectivity index (χ0v) is 18.0. The Morgan fingerprint density at radius 3 is 2.53 bits per heavy atom. The topological polar surface area (TPSA) is 148 Å². The van der Waals surface area contributed by atoms with Crippen LogP contribution in [0.1, 0.15) is 31.4 Å². The number of hydrogen-bond acceptors (Lipinski definition) is 8. The van der Waals surface area contributed by atoms with Crippen molar-refractivity contribution in [3.05, 3.63) is 48.2 Å². The van der Waals surface area contributed by atoms with Gasteiger partial charge in [-0.2, -0.15) is 14.8 Å². The van der Waals surface area contributed by atoms with E-state index in [0.29, 0.717) is 24.1 Å². The number of carbonyl (C=O) groups excluding carboxylic acids is 2. The highest BCUT2D eigenvalue weighted by atomic mass is 19.1. The summed E-state index contributed by atoms with van der Waals surface area (Å²) >= 11 is 0. The minimum absolute atomic E-state index is 0.188. The van der Waals surface area contributed by atoms with Crippen LogP contribution in [0.3, 0.4) is 0 Å². The Bertz CT molecular complexity index is 1300. The number of nitrogens with zero attached hydrogens (tertiary/aromatic N) is 6. The molecule has 3 heterocycles. The Morgan fingerprint density at radius 2 is 1.88 bits per heavy atom. The van der Waals surface area contributed by atoms with Crippen LogP contribution in [0.5, 0.6) is 0 Å². The quantitative estimate of drug-likeness (QED) is 0.525. The van der Waals surface area contributed by atoms with Gasteiger partial charge >= 0.3 is 6.09 Å². The summed E-state index contributed by atoms with van der Waals surface area (Å²) < 4.78 is 33.7. The third-order valence-electron chi connectivity index (χ3n) is 5.26. The number of hydrogen-bond donors (Lipinski definition) is 2. The smallest absolute Gasteiger partial charge is 0.413 e. The van der Waals surface area contributed by atoms with Gasteiger partial charge in [0, 0.05) is 7.05 Å². The van der Waals surface area contributed by atoms with Crippen LogP contribution in [0.2, 0.25) is 0 Å². The van der Waals surface area contributed by atoms with Gasteiger partial charge in [-0.1, -0.05) is 0 Å². The van der Waals surface area contributed by atoms with Crippen molar-refractivity contribution < 1.29 is 23.1 Å². The fourth-order valence-electron chi connectivity index (χ4n) is 3.12. The first-order valence-corrected chi connectivity index (χ1v) is 10.1. The summed E-state index contributed by atoms with van der Waals surface area (Å²) in [6.07, 6.45) is 3.81. The molecule has 2 N–H and O–H groups in total. The Morgan fingerprint density at radius 1 is 1.18 bits per heavy atom. The molecule has 4 rings (SSSR count). The van der Waals surface area contributed by atoms with Crippen LogP contribution < -0.4 is 10.6 Å². The molecule has 0 saturated heterocycles. The first-order valence-electron chi connectivity index (χ1n) is 10.1. The number of nitriles is 1. The number of aromatic nitrogens is 5. The van der Waals surface area contributed by atoms with Crippen molar-refractivity contribution in [2.75, 3.05) is 10.6 Å².